The van der Waals surface area contributed by atoms with Crippen molar-refractivity contribution in [1.82, 2.24) is 35.3 Å². The van der Waals surface area contributed by atoms with E-state index < -0.39 is 0 Å². The molecule has 2 aromatic rings. The van der Waals surface area contributed by atoms with Gasteiger partial charge < -0.3 is 15.5 Å². The maximum atomic E-state index is 4.34. The highest BCUT2D eigenvalue weighted by molar-refractivity contribution is 5.79. The van der Waals surface area contributed by atoms with E-state index in [0.717, 1.165) is 77.1 Å². The minimum absolute atomic E-state index is 0.839. The molecule has 2 aromatic heterocycles. The molecule has 0 spiro atoms. The molecular weight excluding hydrogens is 354 g/mol. The van der Waals surface area contributed by atoms with Gasteiger partial charge in [-0.2, -0.15) is 5.10 Å². The highest BCUT2D eigenvalue weighted by atomic mass is 15.3. The molecule has 3 heterocycles. The number of rotatable bonds is 9. The summed E-state index contributed by atoms with van der Waals surface area (Å²) >= 11 is 0. The molecule has 0 amide bonds. The summed E-state index contributed by atoms with van der Waals surface area (Å²) in [7, 11) is 1.81. The molecule has 0 unspecified atom stereocenters. The molecule has 0 aliphatic carbocycles. The van der Waals surface area contributed by atoms with Crippen LogP contribution in [-0.2, 0) is 6.54 Å². The summed E-state index contributed by atoms with van der Waals surface area (Å²) in [5.41, 5.74) is 0. The van der Waals surface area contributed by atoms with Gasteiger partial charge in [0, 0.05) is 77.6 Å². The Balaban J connectivity index is 1.24. The average Bonchev–Trinajstić information content (AvgIpc) is 3.27. The first-order chi connectivity index (χ1) is 13.8. The number of nitrogens with one attached hydrogen (secondary N) is 2. The number of aliphatic imine (C=N–C) groups is 1. The summed E-state index contributed by atoms with van der Waals surface area (Å²) in [4.78, 5) is 17.7. The zero-order chi connectivity index (χ0) is 19.4. The lowest BCUT2D eigenvalue weighted by molar-refractivity contribution is 0.254. The Bertz CT molecular complexity index is 679. The Morgan fingerprint density at radius 2 is 1.68 bits per heavy atom. The second-order valence-corrected chi connectivity index (χ2v) is 6.78. The Kier molecular flexibility index (Phi) is 8.05. The number of piperazine rings is 1. The second kappa shape index (κ2) is 11.2. The lowest BCUT2D eigenvalue weighted by Crippen LogP contribution is -2.47. The minimum atomic E-state index is 0.839. The topological polar surface area (TPSA) is 86.5 Å². The van der Waals surface area contributed by atoms with Crippen LogP contribution in [0.4, 0.5) is 5.95 Å². The van der Waals surface area contributed by atoms with E-state index in [9.17, 15) is 0 Å². The molecule has 9 nitrogen and oxygen atoms in total. The van der Waals surface area contributed by atoms with Gasteiger partial charge in [0.15, 0.2) is 5.96 Å². The summed E-state index contributed by atoms with van der Waals surface area (Å²) < 4.78 is 1.95. The Morgan fingerprint density at radius 3 is 2.32 bits per heavy atom. The third-order valence-electron chi connectivity index (χ3n) is 4.79. The highest BCUT2D eigenvalue weighted by Crippen LogP contribution is 2.09. The van der Waals surface area contributed by atoms with E-state index in [0.29, 0.717) is 0 Å². The van der Waals surface area contributed by atoms with Gasteiger partial charge in [0.05, 0.1) is 0 Å². The molecule has 0 saturated carbocycles. The van der Waals surface area contributed by atoms with Crippen molar-refractivity contribution in [1.29, 1.82) is 0 Å². The van der Waals surface area contributed by atoms with Gasteiger partial charge in [-0.1, -0.05) is 0 Å². The van der Waals surface area contributed by atoms with Crippen molar-refractivity contribution in [2.45, 2.75) is 19.4 Å². The molecule has 152 valence electrons. The molecule has 1 aliphatic heterocycles. The highest BCUT2D eigenvalue weighted by Gasteiger charge is 2.18. The maximum Gasteiger partial charge on any atom is 0.225 e. The standard InChI is InChI=1S/C19H31N9/c1-20-18(22-9-4-12-28-13-5-10-25-28)21-8-3-11-26-14-16-27(17-15-26)19-23-6-2-7-24-19/h2,5-7,10,13H,3-4,8-9,11-12,14-17H2,1H3,(H2,20,21,22). The summed E-state index contributed by atoms with van der Waals surface area (Å²) in [5, 5.41) is 11.0. The number of aryl methyl sites for hydroxylation is 1. The summed E-state index contributed by atoms with van der Waals surface area (Å²) in [5.74, 6) is 1.71. The predicted octanol–water partition coefficient (Wildman–Crippen LogP) is 0.441. The van der Waals surface area contributed by atoms with Crippen molar-refractivity contribution in [2.75, 3.05) is 57.8 Å². The number of hydrogen-bond donors (Lipinski definition) is 2. The van der Waals surface area contributed by atoms with Crippen LogP contribution < -0.4 is 15.5 Å². The van der Waals surface area contributed by atoms with E-state index in [-0.39, 0.29) is 0 Å². The molecule has 1 fully saturated rings. The van der Waals surface area contributed by atoms with Crippen molar-refractivity contribution in [3.63, 3.8) is 0 Å². The first-order valence-electron chi connectivity index (χ1n) is 10.0. The first kappa shape index (κ1) is 20.1. The van der Waals surface area contributed by atoms with Gasteiger partial charge >= 0.3 is 0 Å². The third kappa shape index (κ3) is 6.49. The molecule has 0 aromatic carbocycles. The van der Waals surface area contributed by atoms with E-state index >= 15 is 0 Å². The molecule has 0 bridgehead atoms. The van der Waals surface area contributed by atoms with Crippen molar-refractivity contribution in [2.24, 2.45) is 4.99 Å². The number of guanidine groups is 1. The molecule has 1 saturated heterocycles. The fourth-order valence-corrected chi connectivity index (χ4v) is 3.24. The number of aromatic nitrogens is 4. The van der Waals surface area contributed by atoms with Crippen LogP contribution in [0.15, 0.2) is 41.9 Å². The van der Waals surface area contributed by atoms with Crippen molar-refractivity contribution in [3.8, 4) is 0 Å². The van der Waals surface area contributed by atoms with Crippen molar-refractivity contribution >= 4 is 11.9 Å². The normalized spacial score (nSPS) is 15.6. The molecule has 9 heteroatoms. The van der Waals surface area contributed by atoms with Crippen LogP contribution in [-0.4, -0.2) is 83.5 Å². The van der Waals surface area contributed by atoms with Crippen molar-refractivity contribution < 1.29 is 0 Å². The minimum Gasteiger partial charge on any atom is -0.356 e. The van der Waals surface area contributed by atoms with E-state index in [4.69, 9.17) is 0 Å². The number of nitrogens with zero attached hydrogens (tertiary/aromatic N) is 7. The van der Waals surface area contributed by atoms with Gasteiger partial charge in [0.25, 0.3) is 0 Å². The average molecular weight is 386 g/mol. The maximum absolute atomic E-state index is 4.34. The van der Waals surface area contributed by atoms with Crippen LogP contribution in [0.3, 0.4) is 0 Å². The lowest BCUT2D eigenvalue weighted by atomic mass is 10.3. The van der Waals surface area contributed by atoms with Gasteiger partial charge in [-0.25, -0.2) is 9.97 Å². The molecule has 0 radical (unpaired) electrons. The van der Waals surface area contributed by atoms with E-state index in [1.807, 2.05) is 36.3 Å². The van der Waals surface area contributed by atoms with Crippen LogP contribution in [0.25, 0.3) is 0 Å². The third-order valence-corrected chi connectivity index (χ3v) is 4.79. The Hall–Kier alpha value is -2.68. The summed E-state index contributed by atoms with van der Waals surface area (Å²) in [6, 6.07) is 3.80. The van der Waals surface area contributed by atoms with Crippen LogP contribution >= 0.6 is 0 Å². The molecule has 3 rings (SSSR count). The molecule has 2 N–H and O–H groups in total. The van der Waals surface area contributed by atoms with E-state index in [2.05, 4.69) is 40.5 Å². The van der Waals surface area contributed by atoms with Gasteiger partial charge in [0.1, 0.15) is 0 Å². The lowest BCUT2D eigenvalue weighted by Gasteiger charge is -2.34. The van der Waals surface area contributed by atoms with E-state index in [1.54, 1.807) is 12.4 Å². The van der Waals surface area contributed by atoms with Crippen LogP contribution in [0.2, 0.25) is 0 Å². The number of hydrogen-bond acceptors (Lipinski definition) is 6. The molecule has 28 heavy (non-hydrogen) atoms. The smallest absolute Gasteiger partial charge is 0.225 e. The fraction of sp³-hybridized carbons (Fsp3) is 0.579. The van der Waals surface area contributed by atoms with Gasteiger partial charge in [0.2, 0.25) is 5.95 Å². The van der Waals surface area contributed by atoms with Gasteiger partial charge in [-0.3, -0.25) is 14.6 Å². The van der Waals surface area contributed by atoms with E-state index in [1.165, 1.54) is 0 Å². The van der Waals surface area contributed by atoms with Crippen LogP contribution in [0.1, 0.15) is 12.8 Å². The fourth-order valence-electron chi connectivity index (χ4n) is 3.24. The molecule has 1 aliphatic rings. The Labute approximate surface area is 166 Å². The summed E-state index contributed by atoms with van der Waals surface area (Å²) in [6.45, 7) is 7.87. The zero-order valence-electron chi connectivity index (χ0n) is 16.7. The molecule has 0 atom stereocenters. The Morgan fingerprint density at radius 1 is 0.964 bits per heavy atom. The SMILES string of the molecule is CN=C(NCCCN1CCN(c2ncccn2)CC1)NCCCn1cccn1. The number of anilines is 1. The van der Waals surface area contributed by atoms with Crippen LogP contribution in [0, 0.1) is 0 Å². The van der Waals surface area contributed by atoms with Crippen molar-refractivity contribution in [3.05, 3.63) is 36.9 Å². The van der Waals surface area contributed by atoms with Crippen LogP contribution in [0.5, 0.6) is 0 Å². The molecular formula is C19H31N9. The predicted molar refractivity (Wildman–Crippen MR) is 112 cm³/mol. The zero-order valence-corrected chi connectivity index (χ0v) is 16.7. The monoisotopic (exact) mass is 385 g/mol. The van der Waals surface area contributed by atoms with Gasteiger partial charge in [-0.05, 0) is 31.5 Å². The second-order valence-electron chi connectivity index (χ2n) is 6.78. The largest absolute Gasteiger partial charge is 0.356 e. The first-order valence-corrected chi connectivity index (χ1v) is 10.0. The summed E-state index contributed by atoms with van der Waals surface area (Å²) in [6.07, 6.45) is 9.51. The van der Waals surface area contributed by atoms with Gasteiger partial charge in [-0.15, -0.1) is 0 Å². The quantitative estimate of drug-likeness (QED) is 0.368.